The van der Waals surface area contributed by atoms with Gasteiger partial charge in [-0.3, -0.25) is 0 Å². The molecular formula is C16H9Sn. The summed E-state index contributed by atoms with van der Waals surface area (Å²) in [5.41, 5.74) is 0. The molecule has 0 aliphatic rings. The molecule has 0 heterocycles. The van der Waals surface area contributed by atoms with Crippen LogP contribution >= 0.6 is 0 Å². The zero-order valence-electron chi connectivity index (χ0n) is 9.20. The minimum atomic E-state index is 1.35. The monoisotopic (exact) mass is 321 g/mol. The van der Waals surface area contributed by atoms with E-state index in [0.29, 0.717) is 0 Å². The molecule has 0 atom stereocenters. The van der Waals surface area contributed by atoms with Crippen molar-refractivity contribution >= 4 is 58.4 Å². The summed E-state index contributed by atoms with van der Waals surface area (Å²) in [6, 6.07) is 20.0. The zero-order valence-corrected chi connectivity index (χ0v) is 12.1. The van der Waals surface area contributed by atoms with Crippen LogP contribution in [0.15, 0.2) is 54.6 Å². The third-order valence-corrected chi connectivity index (χ3v) is 4.77. The Morgan fingerprint density at radius 2 is 1.18 bits per heavy atom. The van der Waals surface area contributed by atoms with Crippen molar-refractivity contribution in [3.8, 4) is 0 Å². The molecule has 0 aromatic heterocycles. The first kappa shape index (κ1) is 9.72. The van der Waals surface area contributed by atoms with E-state index in [4.69, 9.17) is 0 Å². The van der Waals surface area contributed by atoms with Crippen LogP contribution in [-0.2, 0) is 0 Å². The van der Waals surface area contributed by atoms with Crippen molar-refractivity contribution < 1.29 is 0 Å². The topological polar surface area (TPSA) is 0 Å². The van der Waals surface area contributed by atoms with E-state index in [2.05, 4.69) is 54.6 Å². The van der Waals surface area contributed by atoms with Gasteiger partial charge in [-0.15, -0.1) is 0 Å². The van der Waals surface area contributed by atoms with Crippen LogP contribution < -0.4 is 3.58 Å². The molecule has 17 heavy (non-hydrogen) atoms. The Balaban J connectivity index is 2.48. The third-order valence-electron chi connectivity index (χ3n) is 3.53. The summed E-state index contributed by atoms with van der Waals surface area (Å²) in [4.78, 5) is 0. The maximum atomic E-state index is 2.27. The predicted octanol–water partition coefficient (Wildman–Crippen LogP) is 3.38. The van der Waals surface area contributed by atoms with E-state index >= 15 is 0 Å². The molecule has 0 N–H and O–H groups in total. The normalized spacial score (nSPS) is 11.8. The van der Waals surface area contributed by atoms with E-state index in [1.54, 1.807) is 0 Å². The summed E-state index contributed by atoms with van der Waals surface area (Å²) in [5.74, 6) is 0. The van der Waals surface area contributed by atoms with Crippen LogP contribution in [-0.4, -0.2) is 22.5 Å². The molecule has 0 aliphatic carbocycles. The zero-order chi connectivity index (χ0) is 11.4. The average molecular weight is 320 g/mol. The molecule has 4 rings (SSSR count). The number of benzene rings is 4. The van der Waals surface area contributed by atoms with E-state index < -0.39 is 0 Å². The van der Waals surface area contributed by atoms with Gasteiger partial charge in [-0.2, -0.15) is 0 Å². The first-order valence-electron chi connectivity index (χ1n) is 5.73. The number of hydrogen-bond acceptors (Lipinski definition) is 0. The Bertz CT molecular complexity index is 830. The molecule has 3 radical (unpaired) electrons. The van der Waals surface area contributed by atoms with Crippen LogP contribution in [0.3, 0.4) is 0 Å². The minimum absolute atomic E-state index is 1.35. The first-order valence-corrected chi connectivity index (χ1v) is 7.15. The van der Waals surface area contributed by atoms with E-state index in [1.807, 2.05) is 0 Å². The first-order chi connectivity index (χ1) is 8.34. The molecule has 0 saturated heterocycles. The van der Waals surface area contributed by atoms with Crippen LogP contribution in [0.1, 0.15) is 0 Å². The van der Waals surface area contributed by atoms with E-state index in [1.165, 1.54) is 58.4 Å². The molecule has 0 spiro atoms. The fourth-order valence-electron chi connectivity index (χ4n) is 2.74. The van der Waals surface area contributed by atoms with Crippen LogP contribution in [0.5, 0.6) is 0 Å². The molecule has 1 heteroatoms. The molecule has 0 saturated carbocycles. The molecule has 0 unspecified atom stereocenters. The average Bonchev–Trinajstić information content (AvgIpc) is 2.38. The van der Waals surface area contributed by atoms with Crippen molar-refractivity contribution in [2.24, 2.45) is 0 Å². The van der Waals surface area contributed by atoms with Crippen LogP contribution in [0.25, 0.3) is 32.3 Å². The van der Waals surface area contributed by atoms with Crippen molar-refractivity contribution in [3.63, 3.8) is 0 Å². The van der Waals surface area contributed by atoms with Gasteiger partial charge in [-0.25, -0.2) is 0 Å². The van der Waals surface area contributed by atoms with Gasteiger partial charge in [0.25, 0.3) is 0 Å². The van der Waals surface area contributed by atoms with E-state index in [-0.39, 0.29) is 0 Å². The predicted molar refractivity (Wildman–Crippen MR) is 75.5 cm³/mol. The number of rotatable bonds is 0. The molecule has 4 aromatic rings. The van der Waals surface area contributed by atoms with E-state index in [0.717, 1.165) is 0 Å². The fourth-order valence-corrected chi connectivity index (χ4v) is 3.57. The van der Waals surface area contributed by atoms with Crippen molar-refractivity contribution in [2.75, 3.05) is 0 Å². The summed E-state index contributed by atoms with van der Waals surface area (Å²) in [6.07, 6.45) is 0. The number of hydrogen-bond donors (Lipinski definition) is 0. The van der Waals surface area contributed by atoms with E-state index in [9.17, 15) is 0 Å². The Morgan fingerprint density at radius 1 is 0.588 bits per heavy atom. The standard InChI is InChI=1S/C16H9.Sn/c1-3-11-7-9-13-5-2-6-14-10-8-12(4-1)15(11)16(13)14;/h1-5,7-10H;. The quantitative estimate of drug-likeness (QED) is 0.344. The molecule has 4 aromatic carbocycles. The second-order valence-electron chi connectivity index (χ2n) is 4.47. The Morgan fingerprint density at radius 3 is 1.94 bits per heavy atom. The fraction of sp³-hybridized carbons (Fsp3) is 0. The second-order valence-corrected chi connectivity index (χ2v) is 6.01. The SMILES string of the molecule is [Sn][c]1ccc2ccc3cccc4ccc1c2c34. The van der Waals surface area contributed by atoms with Gasteiger partial charge in [0, 0.05) is 0 Å². The van der Waals surface area contributed by atoms with Gasteiger partial charge < -0.3 is 0 Å². The third kappa shape index (κ3) is 1.25. The van der Waals surface area contributed by atoms with Crippen molar-refractivity contribution in [1.82, 2.24) is 0 Å². The van der Waals surface area contributed by atoms with Gasteiger partial charge in [-0.05, 0) is 0 Å². The molecule has 0 aliphatic heterocycles. The summed E-state index contributed by atoms with van der Waals surface area (Å²) in [7, 11) is 0. The molecular weight excluding hydrogens is 311 g/mol. The summed E-state index contributed by atoms with van der Waals surface area (Å²) < 4.78 is 1.45. The van der Waals surface area contributed by atoms with Gasteiger partial charge in [-0.1, -0.05) is 0 Å². The van der Waals surface area contributed by atoms with Gasteiger partial charge >= 0.3 is 113 Å². The van der Waals surface area contributed by atoms with Crippen molar-refractivity contribution in [1.29, 1.82) is 0 Å². The van der Waals surface area contributed by atoms with Gasteiger partial charge in [0.05, 0.1) is 0 Å². The van der Waals surface area contributed by atoms with Crippen molar-refractivity contribution in [2.45, 2.75) is 0 Å². The van der Waals surface area contributed by atoms with Gasteiger partial charge in [0.15, 0.2) is 0 Å². The van der Waals surface area contributed by atoms with Crippen LogP contribution in [0.4, 0.5) is 0 Å². The van der Waals surface area contributed by atoms with Gasteiger partial charge in [0.1, 0.15) is 0 Å². The molecule has 0 nitrogen and oxygen atoms in total. The Hall–Kier alpha value is -1.28. The van der Waals surface area contributed by atoms with Crippen LogP contribution in [0.2, 0.25) is 0 Å². The molecule has 0 fully saturated rings. The Kier molecular flexibility index (Phi) is 1.92. The second kappa shape index (κ2) is 3.36. The molecule has 0 bridgehead atoms. The molecule has 77 valence electrons. The summed E-state index contributed by atoms with van der Waals surface area (Å²) in [5, 5.41) is 8.34. The van der Waals surface area contributed by atoms with Crippen LogP contribution in [0, 0.1) is 0 Å². The summed E-state index contributed by atoms with van der Waals surface area (Å²) in [6.45, 7) is 0. The van der Waals surface area contributed by atoms with Crippen molar-refractivity contribution in [3.05, 3.63) is 54.6 Å². The molecule has 0 amide bonds. The summed E-state index contributed by atoms with van der Waals surface area (Å²) >= 11 is 1.49. The van der Waals surface area contributed by atoms with Gasteiger partial charge in [0.2, 0.25) is 0 Å². The Labute approximate surface area is 113 Å². The maximum absolute atomic E-state index is 2.27.